The van der Waals surface area contributed by atoms with Gasteiger partial charge in [0, 0.05) is 6.92 Å². The number of phenols is 1. The Labute approximate surface area is 193 Å². The summed E-state index contributed by atoms with van der Waals surface area (Å²) in [7, 11) is 0. The Morgan fingerprint density at radius 2 is 1.82 bits per heavy atom. The lowest BCUT2D eigenvalue weighted by atomic mass is 9.55. The van der Waals surface area contributed by atoms with Crippen molar-refractivity contribution in [3.8, 4) is 16.9 Å². The van der Waals surface area contributed by atoms with E-state index in [1.165, 1.54) is 12.5 Å². The fraction of sp³-hybridized carbons (Fsp3) is 0.481. The van der Waals surface area contributed by atoms with E-state index in [1.807, 2.05) is 18.2 Å². The van der Waals surface area contributed by atoms with Gasteiger partial charge < -0.3 is 10.2 Å². The fourth-order valence-corrected chi connectivity index (χ4v) is 6.94. The summed E-state index contributed by atoms with van der Waals surface area (Å²) in [6, 6.07) is 10.7. The molecule has 2 fully saturated rings. The van der Waals surface area contributed by atoms with E-state index in [1.54, 1.807) is 18.2 Å². The molecule has 6 nitrogen and oxygen atoms in total. The minimum Gasteiger partial charge on any atom is -0.508 e. The smallest absolute Gasteiger partial charge is 0.386 e. The van der Waals surface area contributed by atoms with Gasteiger partial charge in [0.15, 0.2) is 0 Å². The van der Waals surface area contributed by atoms with Crippen LogP contribution in [0.1, 0.15) is 73.4 Å². The van der Waals surface area contributed by atoms with Crippen molar-refractivity contribution in [3.05, 3.63) is 53.1 Å². The third-order valence-corrected chi connectivity index (χ3v) is 8.43. The molecule has 0 bridgehead atoms. The molecular formula is C27H30O6. The number of aromatic hydroxyl groups is 1. The predicted octanol–water partition coefficient (Wildman–Crippen LogP) is 4.91. The van der Waals surface area contributed by atoms with Crippen LogP contribution in [0, 0.1) is 17.3 Å². The van der Waals surface area contributed by atoms with Crippen LogP contribution in [0.5, 0.6) is 5.75 Å². The van der Waals surface area contributed by atoms with E-state index in [2.05, 4.69) is 11.8 Å². The van der Waals surface area contributed by atoms with Gasteiger partial charge in [-0.2, -0.15) is 0 Å². The van der Waals surface area contributed by atoms with Crippen molar-refractivity contribution < 1.29 is 29.6 Å². The zero-order valence-electron chi connectivity index (χ0n) is 19.0. The maximum atomic E-state index is 12.7. The first-order valence-electron chi connectivity index (χ1n) is 11.8. The molecule has 0 unspecified atom stereocenters. The number of hydrogen-bond donors (Lipinski definition) is 2. The minimum absolute atomic E-state index is 0.0263. The first-order valence-corrected chi connectivity index (χ1v) is 11.8. The van der Waals surface area contributed by atoms with Crippen molar-refractivity contribution in [2.45, 2.75) is 64.4 Å². The number of phenolic OH excluding ortho intramolecular Hbond substituents is 1. The highest BCUT2D eigenvalue weighted by molar-refractivity contribution is 5.98. The standard InChI is InChI=1S/C27H30O6/c1-15(28)32-33-26(31)21-6-4-3-5-18(21)22-14-17(29)13-16-7-8-19-20(25(16)22)11-12-27(2)23(19)9-10-24(27)30/h3-6,13-14,19-20,23-24,29-30H,7-12H2,1-2H3/t19-,20+,23+,24+,27+/m1/s1. The molecule has 2 aromatic carbocycles. The lowest BCUT2D eigenvalue weighted by Crippen LogP contribution is -2.44. The van der Waals surface area contributed by atoms with Gasteiger partial charge in [0.1, 0.15) is 5.75 Å². The Morgan fingerprint density at radius 1 is 1.03 bits per heavy atom. The summed E-state index contributed by atoms with van der Waals surface area (Å²) in [6.45, 7) is 3.42. The normalized spacial score (nSPS) is 30.0. The van der Waals surface area contributed by atoms with Crippen molar-refractivity contribution >= 4 is 11.9 Å². The second-order valence-electron chi connectivity index (χ2n) is 10.1. The number of aliphatic hydroxyl groups is 1. The average Bonchev–Trinajstić information content (AvgIpc) is 3.11. The maximum Gasteiger partial charge on any atom is 0.386 e. The predicted molar refractivity (Wildman–Crippen MR) is 121 cm³/mol. The highest BCUT2D eigenvalue weighted by Crippen LogP contribution is 2.62. The van der Waals surface area contributed by atoms with Crippen molar-refractivity contribution in [1.29, 1.82) is 0 Å². The first kappa shape index (κ1) is 22.0. The van der Waals surface area contributed by atoms with Gasteiger partial charge in [0.2, 0.25) is 0 Å². The van der Waals surface area contributed by atoms with Gasteiger partial charge in [-0.25, -0.2) is 19.4 Å². The maximum absolute atomic E-state index is 12.7. The van der Waals surface area contributed by atoms with E-state index in [0.29, 0.717) is 23.3 Å². The van der Waals surface area contributed by atoms with Gasteiger partial charge in [-0.1, -0.05) is 25.1 Å². The summed E-state index contributed by atoms with van der Waals surface area (Å²) in [6.07, 6.45) is 5.53. The van der Waals surface area contributed by atoms with Gasteiger partial charge in [-0.3, -0.25) is 0 Å². The Bertz CT molecular complexity index is 1110. The number of carbonyl (C=O) groups excluding carboxylic acids is 2. The van der Waals surface area contributed by atoms with Crippen molar-refractivity contribution in [1.82, 2.24) is 0 Å². The number of aryl methyl sites for hydroxylation is 1. The third kappa shape index (κ3) is 3.61. The first-order chi connectivity index (χ1) is 15.8. The van der Waals surface area contributed by atoms with Gasteiger partial charge >= 0.3 is 11.9 Å². The number of fused-ring (bicyclic) bond motifs is 5. The van der Waals surface area contributed by atoms with E-state index in [4.69, 9.17) is 4.89 Å². The van der Waals surface area contributed by atoms with Gasteiger partial charge in [0.05, 0.1) is 11.7 Å². The molecule has 0 spiro atoms. The van der Waals surface area contributed by atoms with E-state index in [0.717, 1.165) is 49.7 Å². The lowest BCUT2D eigenvalue weighted by molar-refractivity contribution is -0.231. The van der Waals surface area contributed by atoms with Crippen molar-refractivity contribution in [2.24, 2.45) is 17.3 Å². The zero-order valence-corrected chi connectivity index (χ0v) is 19.0. The monoisotopic (exact) mass is 450 g/mol. The van der Waals surface area contributed by atoms with Crippen molar-refractivity contribution in [2.75, 3.05) is 0 Å². The van der Waals surface area contributed by atoms with Gasteiger partial charge in [-0.05, 0) is 102 Å². The van der Waals surface area contributed by atoms with Crippen LogP contribution in [0.3, 0.4) is 0 Å². The van der Waals surface area contributed by atoms with Crippen LogP contribution in [0.25, 0.3) is 11.1 Å². The summed E-state index contributed by atoms with van der Waals surface area (Å²) in [5.41, 5.74) is 4.06. The molecule has 33 heavy (non-hydrogen) atoms. The van der Waals surface area contributed by atoms with E-state index >= 15 is 0 Å². The van der Waals surface area contributed by atoms with Gasteiger partial charge in [-0.15, -0.1) is 0 Å². The molecule has 174 valence electrons. The van der Waals surface area contributed by atoms with E-state index < -0.39 is 11.9 Å². The lowest BCUT2D eigenvalue weighted by Gasteiger charge is -2.50. The van der Waals surface area contributed by atoms with Crippen LogP contribution < -0.4 is 0 Å². The summed E-state index contributed by atoms with van der Waals surface area (Å²) in [4.78, 5) is 33.0. The molecule has 3 aliphatic carbocycles. The molecule has 0 aliphatic heterocycles. The molecule has 0 amide bonds. The Balaban J connectivity index is 1.59. The molecule has 6 heteroatoms. The molecule has 2 aromatic rings. The zero-order chi connectivity index (χ0) is 23.3. The SMILES string of the molecule is CC(=O)OOC(=O)c1ccccc1-c1cc(O)cc2c1[C@H]1CC[C@]3(C)[C@@H](O)CC[C@H]3[C@@H]1CC2. The average molecular weight is 451 g/mol. The molecule has 0 saturated heterocycles. The molecule has 3 aliphatic rings. The molecule has 0 heterocycles. The summed E-state index contributed by atoms with van der Waals surface area (Å²) >= 11 is 0. The second kappa shape index (κ2) is 8.17. The molecule has 5 rings (SSSR count). The van der Waals surface area contributed by atoms with Crippen molar-refractivity contribution in [3.63, 3.8) is 0 Å². The van der Waals surface area contributed by atoms with Crippen LogP contribution in [0.2, 0.25) is 0 Å². The Kier molecular flexibility index (Phi) is 5.44. The van der Waals surface area contributed by atoms with E-state index in [-0.39, 0.29) is 22.8 Å². The number of hydrogen-bond acceptors (Lipinski definition) is 6. The van der Waals surface area contributed by atoms with Crippen LogP contribution in [-0.4, -0.2) is 28.3 Å². The van der Waals surface area contributed by atoms with E-state index in [9.17, 15) is 19.8 Å². The van der Waals surface area contributed by atoms with Crippen LogP contribution >= 0.6 is 0 Å². The molecule has 2 N–H and O–H groups in total. The molecule has 5 atom stereocenters. The highest BCUT2D eigenvalue weighted by atomic mass is 17.2. The number of benzene rings is 2. The topological polar surface area (TPSA) is 93.1 Å². The second-order valence-corrected chi connectivity index (χ2v) is 10.1. The number of rotatable bonds is 2. The number of aliphatic hydroxyl groups excluding tert-OH is 1. The third-order valence-electron chi connectivity index (χ3n) is 8.43. The molecular weight excluding hydrogens is 420 g/mol. The summed E-state index contributed by atoms with van der Waals surface area (Å²) in [5, 5.41) is 21.2. The van der Waals surface area contributed by atoms with Crippen LogP contribution in [0.15, 0.2) is 36.4 Å². The quantitative estimate of drug-likeness (QED) is 0.499. The summed E-state index contributed by atoms with van der Waals surface area (Å²) in [5.74, 6) is -0.0301. The Morgan fingerprint density at radius 3 is 2.61 bits per heavy atom. The van der Waals surface area contributed by atoms with Gasteiger partial charge in [0.25, 0.3) is 0 Å². The molecule has 2 saturated carbocycles. The van der Waals surface area contributed by atoms with Crippen LogP contribution in [0.4, 0.5) is 0 Å². The molecule has 0 aromatic heterocycles. The summed E-state index contributed by atoms with van der Waals surface area (Å²) < 4.78 is 0. The van der Waals surface area contributed by atoms with Crippen LogP contribution in [-0.2, 0) is 21.0 Å². The fourth-order valence-electron chi connectivity index (χ4n) is 6.94. The highest BCUT2D eigenvalue weighted by Gasteiger charge is 2.54. The Hall–Kier alpha value is -2.86. The minimum atomic E-state index is -0.750. The molecule has 0 radical (unpaired) electrons. The largest absolute Gasteiger partial charge is 0.508 e. The number of carbonyl (C=O) groups is 2.